The van der Waals surface area contributed by atoms with Gasteiger partial charge in [-0.2, -0.15) is 0 Å². The molecule has 0 rings (SSSR count). The molecule has 0 aliphatic carbocycles. The van der Waals surface area contributed by atoms with Crippen LogP contribution >= 0.6 is 11.8 Å². The Kier molecular flexibility index (Phi) is 12.5. The van der Waals surface area contributed by atoms with Crippen LogP contribution in [0.1, 0.15) is 14.8 Å². The third-order valence-electron chi connectivity index (χ3n) is 0.516. The van der Waals surface area contributed by atoms with Crippen molar-refractivity contribution in [1.29, 1.82) is 0 Å². The van der Waals surface area contributed by atoms with Crippen LogP contribution in [-0.2, 0) is 4.79 Å². The van der Waals surface area contributed by atoms with E-state index in [4.69, 9.17) is 0 Å². The maximum Gasteiger partial charge on any atom is 1.00 e. The molecule has 7 heavy (non-hydrogen) atoms. The zero-order chi connectivity index (χ0) is 4.99. The Labute approximate surface area is 92.5 Å². The van der Waals surface area contributed by atoms with Crippen molar-refractivity contribution >= 4 is 16.9 Å². The molecular weight excluding hydrogens is 135 g/mol. The van der Waals surface area contributed by atoms with Crippen LogP contribution in [0.3, 0.4) is 0 Å². The molecule has 0 aliphatic heterocycles. The van der Waals surface area contributed by atoms with Crippen molar-refractivity contribution in [3.05, 3.63) is 0 Å². The fourth-order valence-electron chi connectivity index (χ4n) is 0.144. The number of hydrogen-bond donors (Lipinski definition) is 0. The monoisotopic (exact) mass is 144 g/mol. The summed E-state index contributed by atoms with van der Waals surface area (Å²) < 4.78 is 0. The van der Waals surface area contributed by atoms with Crippen LogP contribution in [0.15, 0.2) is 0 Å². The van der Waals surface area contributed by atoms with Crippen molar-refractivity contribution in [3.63, 3.8) is 0 Å². The maximum absolute atomic E-state index is 10.1. The van der Waals surface area contributed by atoms with Crippen molar-refractivity contribution in [1.82, 2.24) is 0 Å². The summed E-state index contributed by atoms with van der Waals surface area (Å²) >= 11 is 1.29. The zero-order valence-corrected chi connectivity index (χ0v) is 8.96. The molecule has 0 aromatic carbocycles. The van der Waals surface area contributed by atoms with Gasteiger partial charge >= 0.3 is 51.4 Å². The first-order chi connectivity index (χ1) is 2.81. The first kappa shape index (κ1) is 11.5. The van der Waals surface area contributed by atoms with Gasteiger partial charge in [0, 0.05) is 6.42 Å². The standard InChI is InChI=1S/C4H8OS.K.H/c1-3-4(5)6-2;;/h3H2,1-2H3;;/q;+1;-1. The molecule has 0 N–H and O–H groups in total. The molecular formula is C4H9KOS. The number of carbonyl (C=O) groups excluding carboxylic acids is 1. The van der Waals surface area contributed by atoms with E-state index in [0.29, 0.717) is 6.42 Å². The first-order valence-corrected chi connectivity index (χ1v) is 3.10. The van der Waals surface area contributed by atoms with Crippen molar-refractivity contribution in [2.75, 3.05) is 6.26 Å². The van der Waals surface area contributed by atoms with Gasteiger partial charge in [0.05, 0.1) is 0 Å². The van der Waals surface area contributed by atoms with Crippen LogP contribution in [0.4, 0.5) is 0 Å². The summed E-state index contributed by atoms with van der Waals surface area (Å²) in [6, 6.07) is 0. The van der Waals surface area contributed by atoms with E-state index in [1.54, 1.807) is 6.26 Å². The minimum Gasteiger partial charge on any atom is -1.00 e. The van der Waals surface area contributed by atoms with E-state index in [2.05, 4.69) is 0 Å². The van der Waals surface area contributed by atoms with Crippen LogP contribution in [0.2, 0.25) is 0 Å². The molecule has 0 fully saturated rings. The number of rotatable bonds is 1. The Morgan fingerprint density at radius 2 is 2.29 bits per heavy atom. The SMILES string of the molecule is CCC(=O)SC.[H-].[K+]. The summed E-state index contributed by atoms with van der Waals surface area (Å²) in [5.41, 5.74) is 0. The van der Waals surface area contributed by atoms with Crippen LogP contribution < -0.4 is 51.4 Å². The van der Waals surface area contributed by atoms with Gasteiger partial charge in [0.1, 0.15) is 0 Å². The van der Waals surface area contributed by atoms with Gasteiger partial charge in [-0.15, -0.1) is 0 Å². The Morgan fingerprint density at radius 1 is 1.86 bits per heavy atom. The fourth-order valence-corrected chi connectivity index (χ4v) is 0.433. The Hall–Kier alpha value is 1.66. The summed E-state index contributed by atoms with van der Waals surface area (Å²) in [7, 11) is 0. The molecule has 0 amide bonds. The Morgan fingerprint density at radius 3 is 2.29 bits per heavy atom. The quantitative estimate of drug-likeness (QED) is 0.412. The van der Waals surface area contributed by atoms with Crippen LogP contribution in [-0.4, -0.2) is 11.4 Å². The summed E-state index contributed by atoms with van der Waals surface area (Å²) in [6.45, 7) is 1.86. The molecule has 0 unspecified atom stereocenters. The summed E-state index contributed by atoms with van der Waals surface area (Å²) in [5.74, 6) is 0. The number of thioether (sulfide) groups is 1. The van der Waals surface area contributed by atoms with E-state index in [9.17, 15) is 4.79 Å². The summed E-state index contributed by atoms with van der Waals surface area (Å²) in [5, 5.41) is 0.259. The number of hydrogen-bond acceptors (Lipinski definition) is 2. The predicted octanol–water partition coefficient (Wildman–Crippen LogP) is -1.60. The fraction of sp³-hybridized carbons (Fsp3) is 0.750. The van der Waals surface area contributed by atoms with Crippen molar-refractivity contribution < 1.29 is 57.6 Å². The molecule has 0 radical (unpaired) electrons. The van der Waals surface area contributed by atoms with Gasteiger partial charge < -0.3 is 1.43 Å². The molecule has 3 heteroatoms. The molecule has 0 heterocycles. The number of carbonyl (C=O) groups is 1. The third-order valence-corrected chi connectivity index (χ3v) is 1.26. The second-order valence-corrected chi connectivity index (χ2v) is 1.79. The normalized spacial score (nSPS) is 7.14. The molecule has 0 saturated carbocycles. The van der Waals surface area contributed by atoms with E-state index in [1.165, 1.54) is 11.8 Å². The van der Waals surface area contributed by atoms with Gasteiger partial charge in [0.25, 0.3) is 0 Å². The van der Waals surface area contributed by atoms with Gasteiger partial charge in [0.2, 0.25) is 0 Å². The van der Waals surface area contributed by atoms with Gasteiger partial charge in [-0.3, -0.25) is 4.79 Å². The molecule has 0 spiro atoms. The average Bonchev–Trinajstić information content (AvgIpc) is 1.65. The molecule has 1 nitrogen and oxygen atoms in total. The minimum atomic E-state index is 0. The van der Waals surface area contributed by atoms with E-state index in [1.807, 2.05) is 6.92 Å². The molecule has 38 valence electrons. The van der Waals surface area contributed by atoms with Crippen molar-refractivity contribution in [2.24, 2.45) is 0 Å². The molecule has 0 aromatic rings. The molecule has 0 bridgehead atoms. The molecule has 0 aromatic heterocycles. The third kappa shape index (κ3) is 7.66. The Bertz CT molecular complexity index is 54.0. The van der Waals surface area contributed by atoms with Gasteiger partial charge in [-0.1, -0.05) is 18.7 Å². The van der Waals surface area contributed by atoms with Crippen molar-refractivity contribution in [3.8, 4) is 0 Å². The maximum atomic E-state index is 10.1. The molecule has 0 atom stereocenters. The van der Waals surface area contributed by atoms with E-state index in [-0.39, 0.29) is 57.9 Å². The first-order valence-electron chi connectivity index (χ1n) is 1.88. The summed E-state index contributed by atoms with van der Waals surface area (Å²) in [4.78, 5) is 10.1. The second kappa shape index (κ2) is 7.66. The van der Waals surface area contributed by atoms with E-state index >= 15 is 0 Å². The second-order valence-electron chi connectivity index (χ2n) is 0.930. The van der Waals surface area contributed by atoms with E-state index < -0.39 is 0 Å². The van der Waals surface area contributed by atoms with Crippen LogP contribution in [0.25, 0.3) is 0 Å². The van der Waals surface area contributed by atoms with Gasteiger partial charge in [-0.25, -0.2) is 0 Å². The average molecular weight is 144 g/mol. The van der Waals surface area contributed by atoms with Gasteiger partial charge in [0.15, 0.2) is 5.12 Å². The summed E-state index contributed by atoms with van der Waals surface area (Å²) in [6.07, 6.45) is 2.45. The van der Waals surface area contributed by atoms with Crippen molar-refractivity contribution in [2.45, 2.75) is 13.3 Å². The topological polar surface area (TPSA) is 17.1 Å². The van der Waals surface area contributed by atoms with Crippen LogP contribution in [0.5, 0.6) is 0 Å². The van der Waals surface area contributed by atoms with E-state index in [0.717, 1.165) is 0 Å². The smallest absolute Gasteiger partial charge is 1.00 e. The minimum absolute atomic E-state index is 0. The predicted molar refractivity (Wildman–Crippen MR) is 29.9 cm³/mol. The Balaban J connectivity index is -0.000000125. The largest absolute Gasteiger partial charge is 1.00 e. The molecule has 0 saturated heterocycles. The van der Waals surface area contributed by atoms with Gasteiger partial charge in [-0.05, 0) is 6.26 Å². The molecule has 0 aliphatic rings. The zero-order valence-electron chi connectivity index (χ0n) is 6.02. The van der Waals surface area contributed by atoms with Crippen LogP contribution in [0, 0.1) is 0 Å².